The number of fused-ring (bicyclic) bond motifs is 2. The van der Waals surface area contributed by atoms with Gasteiger partial charge in [0.25, 0.3) is 5.91 Å². The molecule has 9 aromatic rings. The maximum Gasteiger partial charge on any atom is 0.254 e. The van der Waals surface area contributed by atoms with Crippen LogP contribution in [-0.2, 0) is 35.1 Å². The van der Waals surface area contributed by atoms with E-state index in [0.29, 0.717) is 53.5 Å². The summed E-state index contributed by atoms with van der Waals surface area (Å²) in [6, 6.07) is 72.4. The lowest BCUT2D eigenvalue weighted by Crippen LogP contribution is -2.57. The van der Waals surface area contributed by atoms with Crippen LogP contribution in [0, 0.1) is 40.4 Å². The minimum absolute atomic E-state index is 0.117. The fourth-order valence-corrected chi connectivity index (χ4v) is 14.0. The second-order valence-electron chi connectivity index (χ2n) is 22.9. The van der Waals surface area contributed by atoms with Gasteiger partial charge in [-0.3, -0.25) is 14.5 Å². The number of benzene rings is 7. The molecule has 4 fully saturated rings. The van der Waals surface area contributed by atoms with E-state index < -0.39 is 16.5 Å². The minimum Gasteiger partial charge on any atom is -0.356 e. The van der Waals surface area contributed by atoms with Crippen LogP contribution in [-0.4, -0.2) is 47.8 Å². The maximum atomic E-state index is 16.3. The monoisotopic (exact) mass is 1040 g/mol. The molecule has 9 heteroatoms. The highest BCUT2D eigenvalue weighted by molar-refractivity contribution is 6.06. The molecule has 7 aromatic carbocycles. The highest BCUT2D eigenvalue weighted by Crippen LogP contribution is 2.63. The van der Waals surface area contributed by atoms with Gasteiger partial charge < -0.3 is 14.5 Å². The van der Waals surface area contributed by atoms with Gasteiger partial charge in [-0.1, -0.05) is 203 Å². The van der Waals surface area contributed by atoms with Gasteiger partial charge in [-0.2, -0.15) is 5.26 Å². The molecule has 0 spiro atoms. The summed E-state index contributed by atoms with van der Waals surface area (Å²) in [4.78, 5) is 43.1. The van der Waals surface area contributed by atoms with Crippen molar-refractivity contribution in [3.8, 4) is 6.07 Å². The second kappa shape index (κ2) is 20.8. The number of aromatic nitrogens is 4. The molecule has 2 aromatic heterocycles. The van der Waals surface area contributed by atoms with Crippen molar-refractivity contribution in [2.24, 2.45) is 29.1 Å². The fraction of sp³-hybridized carbons (Fsp3) is 0.243. The number of hydrogen-bond donors (Lipinski definition) is 1. The number of nitrogens with zero attached hydrogens (tertiary/aromatic N) is 6. The molecule has 79 heavy (non-hydrogen) atoms. The van der Waals surface area contributed by atoms with E-state index in [0.717, 1.165) is 45.5 Å². The molecule has 5 unspecified atom stereocenters. The predicted octanol–water partition coefficient (Wildman–Crippen LogP) is 12.8. The third-order valence-electron chi connectivity index (χ3n) is 18.3. The van der Waals surface area contributed by atoms with E-state index in [1.165, 1.54) is 6.42 Å². The molecule has 3 saturated carbocycles. The summed E-state index contributed by atoms with van der Waals surface area (Å²) in [5.41, 5.74) is 6.47. The Balaban J connectivity index is 0.989. The highest BCUT2D eigenvalue weighted by atomic mass is 16.2. The molecule has 3 aliphatic carbocycles. The number of rotatable bonds is 17. The molecule has 1 N–H and O–H groups in total. The summed E-state index contributed by atoms with van der Waals surface area (Å²) in [6.07, 6.45) is 12.2. The average Bonchev–Trinajstić information content (AvgIpc) is 4.37. The SMILES string of the molecule is CC1C(CN2C(=O)C(Cc3cn(CC(c4ccccc4)(c4ccccc4)c4ccccc4)cn3)(Cc3cn(C(c4ccccc4)(c4ccccc4)c4ccccc4)cn3)NC2=CC(=O)c2ccc(C#N)cc2)CC2CC1C2(C)C. The number of amides is 1. The van der Waals surface area contributed by atoms with Crippen LogP contribution in [0.3, 0.4) is 0 Å². The van der Waals surface area contributed by atoms with Crippen molar-refractivity contribution < 1.29 is 9.59 Å². The molecule has 1 saturated heterocycles. The third kappa shape index (κ3) is 9.09. The molecule has 0 radical (unpaired) electrons. The summed E-state index contributed by atoms with van der Waals surface area (Å²) in [5, 5.41) is 13.4. The molecule has 392 valence electrons. The largest absolute Gasteiger partial charge is 0.356 e. The number of imidazole rings is 2. The molecule has 1 amide bonds. The van der Waals surface area contributed by atoms with Gasteiger partial charge in [0.15, 0.2) is 5.78 Å². The number of nitrogens with one attached hydrogen (secondary N) is 1. The van der Waals surface area contributed by atoms with Crippen LogP contribution >= 0.6 is 0 Å². The molecule has 3 heterocycles. The van der Waals surface area contributed by atoms with Gasteiger partial charge in [0.2, 0.25) is 0 Å². The molecular weight excluding hydrogens is 971 g/mol. The summed E-state index contributed by atoms with van der Waals surface area (Å²) in [6.45, 7) is 8.17. The average molecular weight is 1040 g/mol. The van der Waals surface area contributed by atoms with Gasteiger partial charge in [0.1, 0.15) is 16.9 Å². The van der Waals surface area contributed by atoms with Gasteiger partial charge in [-0.05, 0) is 99.6 Å². The molecule has 9 nitrogen and oxygen atoms in total. The van der Waals surface area contributed by atoms with Crippen LogP contribution in [0.15, 0.2) is 243 Å². The van der Waals surface area contributed by atoms with E-state index in [4.69, 9.17) is 9.97 Å². The van der Waals surface area contributed by atoms with Crippen LogP contribution in [0.5, 0.6) is 0 Å². The number of carbonyl (C=O) groups excluding carboxylic acids is 2. The van der Waals surface area contributed by atoms with Gasteiger partial charge in [0.05, 0.1) is 41.1 Å². The van der Waals surface area contributed by atoms with E-state index in [9.17, 15) is 10.1 Å². The lowest BCUT2D eigenvalue weighted by atomic mass is 9.43. The Bertz CT molecular complexity index is 3470. The topological polar surface area (TPSA) is 109 Å². The van der Waals surface area contributed by atoms with Crippen molar-refractivity contribution in [2.45, 2.75) is 69.5 Å². The van der Waals surface area contributed by atoms with Crippen molar-refractivity contribution in [1.29, 1.82) is 5.26 Å². The van der Waals surface area contributed by atoms with Gasteiger partial charge >= 0.3 is 0 Å². The smallest absolute Gasteiger partial charge is 0.254 e. The first-order valence-corrected chi connectivity index (χ1v) is 27.8. The Morgan fingerprint density at radius 3 is 1.58 bits per heavy atom. The number of nitriles is 1. The van der Waals surface area contributed by atoms with Crippen LogP contribution in [0.25, 0.3) is 0 Å². The lowest BCUT2D eigenvalue weighted by Gasteiger charge is -2.62. The first-order chi connectivity index (χ1) is 38.5. The highest BCUT2D eigenvalue weighted by Gasteiger charge is 2.58. The van der Waals surface area contributed by atoms with Gasteiger partial charge in [-0.15, -0.1) is 0 Å². The number of hydrogen-bond acceptors (Lipinski definition) is 6. The van der Waals surface area contributed by atoms with E-state index in [1.54, 1.807) is 30.3 Å². The zero-order valence-corrected chi connectivity index (χ0v) is 45.1. The van der Waals surface area contributed by atoms with Crippen molar-refractivity contribution in [3.63, 3.8) is 0 Å². The van der Waals surface area contributed by atoms with Crippen LogP contribution in [0.1, 0.15) is 94.3 Å². The van der Waals surface area contributed by atoms with E-state index in [-0.39, 0.29) is 35.9 Å². The number of ketones is 1. The molecule has 2 bridgehead atoms. The predicted molar refractivity (Wildman–Crippen MR) is 309 cm³/mol. The summed E-state index contributed by atoms with van der Waals surface area (Å²) in [7, 11) is 0. The fourth-order valence-electron chi connectivity index (χ4n) is 14.0. The first-order valence-electron chi connectivity index (χ1n) is 27.8. The third-order valence-corrected chi connectivity index (χ3v) is 18.3. The van der Waals surface area contributed by atoms with Crippen LogP contribution in [0.2, 0.25) is 0 Å². The second-order valence-corrected chi connectivity index (χ2v) is 22.9. The van der Waals surface area contributed by atoms with Gasteiger partial charge in [0, 0.05) is 50.0 Å². The Kier molecular flexibility index (Phi) is 13.4. The Morgan fingerprint density at radius 2 is 1.11 bits per heavy atom. The van der Waals surface area contributed by atoms with Crippen LogP contribution in [0.4, 0.5) is 0 Å². The molecule has 13 rings (SSSR count). The van der Waals surface area contributed by atoms with Crippen molar-refractivity contribution in [1.82, 2.24) is 29.3 Å². The first kappa shape index (κ1) is 50.9. The molecule has 4 aliphatic rings. The molecular formula is C70H65N7O2. The number of carbonyl (C=O) groups is 2. The quantitative estimate of drug-likeness (QED) is 0.0553. The van der Waals surface area contributed by atoms with E-state index in [2.05, 4.69) is 217 Å². The normalized spacial score (nSPS) is 21.0. The Hall–Kier alpha value is -8.87. The summed E-state index contributed by atoms with van der Waals surface area (Å²) >= 11 is 0. The molecule has 1 aliphatic heterocycles. The van der Waals surface area contributed by atoms with E-state index >= 15 is 4.79 Å². The van der Waals surface area contributed by atoms with Gasteiger partial charge in [-0.25, -0.2) is 9.97 Å². The van der Waals surface area contributed by atoms with Crippen molar-refractivity contribution in [2.75, 3.05) is 6.54 Å². The van der Waals surface area contributed by atoms with E-state index in [1.807, 2.05) is 35.8 Å². The Morgan fingerprint density at radius 1 is 0.646 bits per heavy atom. The summed E-state index contributed by atoms with van der Waals surface area (Å²) in [5.74, 6) is 1.83. The standard InChI is InChI=1S/C70H65N7O2/c1-50-53(38-60-39-63(50)67(60,2)3)44-77-65(40-64(78)52-36-34-51(43-71)35-37-52)74-68(66(77)79,42-62-46-76(49-73-62)70(57-28-16-7-17-29-57,58-30-18-8-19-31-58)59-32-20-9-21-33-59)41-61-45-75(48-72-61)47-69(54-22-10-4-11-23-54,55-24-12-5-13-25-55)56-26-14-6-15-27-56/h4-37,40,45-46,48-50,53,60,63,74H,38-39,41-42,44,47H2,1-3H3. The molecule has 5 atom stereocenters. The summed E-state index contributed by atoms with van der Waals surface area (Å²) < 4.78 is 4.36. The van der Waals surface area contributed by atoms with Crippen LogP contribution < -0.4 is 5.32 Å². The Labute approximate surface area is 464 Å². The van der Waals surface area contributed by atoms with Crippen molar-refractivity contribution >= 4 is 11.7 Å². The zero-order valence-electron chi connectivity index (χ0n) is 45.1. The van der Waals surface area contributed by atoms with Crippen molar-refractivity contribution in [3.05, 3.63) is 299 Å². The maximum absolute atomic E-state index is 16.3. The minimum atomic E-state index is -1.32. The lowest BCUT2D eigenvalue weighted by molar-refractivity contribution is -0.142. The number of allylic oxidation sites excluding steroid dienone is 1. The zero-order chi connectivity index (χ0) is 54.2.